The molecule has 0 saturated carbocycles. The highest BCUT2D eigenvalue weighted by molar-refractivity contribution is 5.80. The normalized spacial score (nSPS) is 11.0. The summed E-state index contributed by atoms with van der Waals surface area (Å²) in [4.78, 5) is 38.9. The minimum Gasteiger partial charge on any atom is -0.479 e. The minimum atomic E-state index is -1.21. The van der Waals surface area contributed by atoms with Crippen LogP contribution >= 0.6 is 0 Å². The standard InChI is InChI=1S/C5H10O3.C5H10O2.C5H8O2.C5H8O/c1-3(2)4(6)5(7)8;1-4(2)5(7)3-6;1-4(2)3-5(6)7;1-5(2)3-4-6/h3-4,6H,1-2H3,(H,7,8);3-5,7H,1-2H3;3H,1-2H3,(H,6,7);3-4H,1-2H3. The van der Waals surface area contributed by atoms with Crippen molar-refractivity contribution in [2.24, 2.45) is 11.8 Å². The van der Waals surface area contributed by atoms with Crippen molar-refractivity contribution < 1.29 is 39.6 Å². The predicted molar refractivity (Wildman–Crippen MR) is 108 cm³/mol. The Morgan fingerprint density at radius 2 is 1.21 bits per heavy atom. The van der Waals surface area contributed by atoms with E-state index in [1.807, 2.05) is 13.8 Å². The number of carbonyl (C=O) groups is 4. The Balaban J connectivity index is -0.000000138. The van der Waals surface area contributed by atoms with Gasteiger partial charge in [0.15, 0.2) is 6.10 Å². The fourth-order valence-electron chi connectivity index (χ4n) is 0.825. The number of aliphatic hydroxyl groups excluding tert-OH is 2. The predicted octanol–water partition coefficient (Wildman–Crippen LogP) is 2.48. The number of hydrogen-bond acceptors (Lipinski definition) is 6. The average Bonchev–Trinajstić information content (AvgIpc) is 2.53. The van der Waals surface area contributed by atoms with E-state index in [1.54, 1.807) is 41.5 Å². The van der Waals surface area contributed by atoms with Crippen molar-refractivity contribution in [1.82, 2.24) is 0 Å². The number of aliphatic hydroxyl groups is 2. The van der Waals surface area contributed by atoms with Crippen molar-refractivity contribution in [3.8, 4) is 0 Å². The van der Waals surface area contributed by atoms with Crippen LogP contribution in [-0.4, -0.2) is 57.1 Å². The Hall–Kier alpha value is -2.32. The van der Waals surface area contributed by atoms with E-state index >= 15 is 0 Å². The third-order valence-electron chi connectivity index (χ3n) is 2.52. The van der Waals surface area contributed by atoms with Gasteiger partial charge in [0.05, 0.1) is 0 Å². The molecule has 0 fully saturated rings. The third kappa shape index (κ3) is 34.9. The van der Waals surface area contributed by atoms with Crippen molar-refractivity contribution in [1.29, 1.82) is 0 Å². The van der Waals surface area contributed by atoms with Gasteiger partial charge in [-0.2, -0.15) is 0 Å². The van der Waals surface area contributed by atoms with Gasteiger partial charge in [-0.15, -0.1) is 0 Å². The molecule has 8 nitrogen and oxygen atoms in total. The van der Waals surface area contributed by atoms with Crippen LogP contribution in [0, 0.1) is 11.8 Å². The summed E-state index contributed by atoms with van der Waals surface area (Å²) in [5.41, 5.74) is 1.86. The summed E-state index contributed by atoms with van der Waals surface area (Å²) < 4.78 is 0. The highest BCUT2D eigenvalue weighted by atomic mass is 16.4. The molecular weight excluding hydrogens is 368 g/mol. The van der Waals surface area contributed by atoms with Gasteiger partial charge in [-0.25, -0.2) is 9.59 Å². The van der Waals surface area contributed by atoms with Crippen LogP contribution in [0.3, 0.4) is 0 Å². The van der Waals surface area contributed by atoms with Crippen LogP contribution in [0.25, 0.3) is 0 Å². The van der Waals surface area contributed by atoms with Crippen molar-refractivity contribution in [2.75, 3.05) is 0 Å². The summed E-state index contributed by atoms with van der Waals surface area (Å²) in [6, 6.07) is 0. The molecule has 0 radical (unpaired) electrons. The second-order valence-electron chi connectivity index (χ2n) is 6.84. The molecule has 0 aliphatic carbocycles. The molecule has 2 atom stereocenters. The number of carboxylic acid groups (broad SMARTS) is 2. The van der Waals surface area contributed by atoms with E-state index in [4.69, 9.17) is 20.4 Å². The van der Waals surface area contributed by atoms with Crippen LogP contribution in [-0.2, 0) is 19.2 Å². The van der Waals surface area contributed by atoms with Crippen LogP contribution in [0.4, 0.5) is 0 Å². The molecule has 4 N–H and O–H groups in total. The first-order valence-corrected chi connectivity index (χ1v) is 8.64. The highest BCUT2D eigenvalue weighted by Gasteiger charge is 2.16. The monoisotopic (exact) mass is 404 g/mol. The summed E-state index contributed by atoms with van der Waals surface area (Å²) in [7, 11) is 0. The van der Waals surface area contributed by atoms with Gasteiger partial charge in [0.1, 0.15) is 18.7 Å². The molecule has 0 aliphatic rings. The van der Waals surface area contributed by atoms with E-state index < -0.39 is 24.1 Å². The number of allylic oxidation sites excluding steroid dienone is 3. The van der Waals surface area contributed by atoms with Crippen molar-refractivity contribution in [3.63, 3.8) is 0 Å². The highest BCUT2D eigenvalue weighted by Crippen LogP contribution is 1.99. The molecule has 28 heavy (non-hydrogen) atoms. The molecule has 2 unspecified atom stereocenters. The second kappa shape index (κ2) is 21.0. The largest absolute Gasteiger partial charge is 0.479 e. The first kappa shape index (κ1) is 33.3. The zero-order chi connectivity index (χ0) is 23.4. The maximum absolute atomic E-state index is 9.89. The maximum atomic E-state index is 9.89. The Morgan fingerprint density at radius 1 is 0.786 bits per heavy atom. The van der Waals surface area contributed by atoms with Crippen LogP contribution in [0.15, 0.2) is 23.3 Å². The minimum absolute atomic E-state index is 0.0532. The quantitative estimate of drug-likeness (QED) is 0.389. The fraction of sp³-hybridized carbons (Fsp3) is 0.600. The molecule has 0 heterocycles. The number of hydrogen-bond donors (Lipinski definition) is 4. The number of carbonyl (C=O) groups excluding carboxylic acids is 2. The van der Waals surface area contributed by atoms with E-state index in [1.165, 1.54) is 12.2 Å². The zero-order valence-corrected chi connectivity index (χ0v) is 18.0. The lowest BCUT2D eigenvalue weighted by Crippen LogP contribution is -2.25. The lowest BCUT2D eigenvalue weighted by Gasteiger charge is -2.06. The van der Waals surface area contributed by atoms with E-state index in [-0.39, 0.29) is 11.8 Å². The molecule has 8 heteroatoms. The Morgan fingerprint density at radius 3 is 1.21 bits per heavy atom. The summed E-state index contributed by atoms with van der Waals surface area (Å²) in [5, 5.41) is 33.3. The maximum Gasteiger partial charge on any atom is 0.332 e. The Bertz CT molecular complexity index is 496. The molecule has 0 aromatic heterocycles. The summed E-state index contributed by atoms with van der Waals surface area (Å²) >= 11 is 0. The number of aldehydes is 2. The fourth-order valence-corrected chi connectivity index (χ4v) is 0.825. The molecule has 0 aromatic carbocycles. The summed E-state index contributed by atoms with van der Waals surface area (Å²) in [6.07, 6.45) is 2.04. The van der Waals surface area contributed by atoms with Gasteiger partial charge in [0.2, 0.25) is 0 Å². The lowest BCUT2D eigenvalue weighted by atomic mass is 10.1. The van der Waals surface area contributed by atoms with Gasteiger partial charge in [0.25, 0.3) is 0 Å². The van der Waals surface area contributed by atoms with E-state index in [0.717, 1.165) is 17.4 Å². The SMILES string of the molecule is CC(C)=CC(=O)O.CC(C)=CC=O.CC(C)C(O)C(=O)O.CC(C)C(O)C=O. The smallest absolute Gasteiger partial charge is 0.332 e. The van der Waals surface area contributed by atoms with Gasteiger partial charge in [0, 0.05) is 6.08 Å². The van der Waals surface area contributed by atoms with Crippen molar-refractivity contribution >= 4 is 24.5 Å². The van der Waals surface area contributed by atoms with Gasteiger partial charge < -0.3 is 25.2 Å². The van der Waals surface area contributed by atoms with Crippen molar-refractivity contribution in [2.45, 2.75) is 67.6 Å². The molecule has 0 bridgehead atoms. The molecule has 0 spiro atoms. The average molecular weight is 405 g/mol. The topological polar surface area (TPSA) is 149 Å². The Kier molecular flexibility index (Phi) is 24.9. The van der Waals surface area contributed by atoms with E-state index in [9.17, 15) is 19.2 Å². The molecule has 0 aromatic rings. The molecular formula is C20H36O8. The van der Waals surface area contributed by atoms with E-state index in [0.29, 0.717) is 6.29 Å². The first-order valence-electron chi connectivity index (χ1n) is 8.64. The van der Waals surface area contributed by atoms with Gasteiger partial charge >= 0.3 is 11.9 Å². The van der Waals surface area contributed by atoms with Crippen LogP contribution in [0.1, 0.15) is 55.4 Å². The van der Waals surface area contributed by atoms with Gasteiger partial charge in [-0.3, -0.25) is 4.79 Å². The Labute approximate surface area is 167 Å². The van der Waals surface area contributed by atoms with Crippen molar-refractivity contribution in [3.05, 3.63) is 23.3 Å². The summed E-state index contributed by atoms with van der Waals surface area (Å²) in [5.74, 6) is -2.18. The molecule has 0 rings (SSSR count). The number of rotatable bonds is 6. The molecule has 0 saturated heterocycles. The summed E-state index contributed by atoms with van der Waals surface area (Å²) in [6.45, 7) is 14.1. The number of carboxylic acids is 2. The lowest BCUT2D eigenvalue weighted by molar-refractivity contribution is -0.148. The van der Waals surface area contributed by atoms with Crippen LogP contribution in [0.2, 0.25) is 0 Å². The van der Waals surface area contributed by atoms with Crippen LogP contribution in [0.5, 0.6) is 0 Å². The number of aliphatic carboxylic acids is 2. The molecule has 164 valence electrons. The third-order valence-corrected chi connectivity index (χ3v) is 2.52. The van der Waals surface area contributed by atoms with Gasteiger partial charge in [-0.1, -0.05) is 38.8 Å². The first-order chi connectivity index (χ1) is 12.6. The van der Waals surface area contributed by atoms with Crippen LogP contribution < -0.4 is 0 Å². The zero-order valence-electron chi connectivity index (χ0n) is 18.0. The molecule has 0 aliphatic heterocycles. The van der Waals surface area contributed by atoms with E-state index in [2.05, 4.69) is 0 Å². The molecule has 0 amide bonds. The second-order valence-corrected chi connectivity index (χ2v) is 6.84. The van der Waals surface area contributed by atoms with Gasteiger partial charge in [-0.05, 0) is 45.6 Å².